The van der Waals surface area contributed by atoms with Gasteiger partial charge in [0.15, 0.2) is 0 Å². The molecule has 0 saturated carbocycles. The van der Waals surface area contributed by atoms with Crippen LogP contribution in [0.2, 0.25) is 0 Å². The van der Waals surface area contributed by atoms with E-state index in [9.17, 15) is 9.50 Å². The van der Waals surface area contributed by atoms with Crippen molar-refractivity contribution in [3.05, 3.63) is 71.2 Å². The Labute approximate surface area is 115 Å². The minimum atomic E-state index is -1.11. The van der Waals surface area contributed by atoms with Crippen LogP contribution in [0.5, 0.6) is 0 Å². The Balaban J connectivity index is 1.91. The fraction of sp³-hybridized carbons (Fsp3) is 0.176. The summed E-state index contributed by atoms with van der Waals surface area (Å²) in [4.78, 5) is 0. The van der Waals surface area contributed by atoms with Gasteiger partial charge in [-0.05, 0) is 48.2 Å². The van der Waals surface area contributed by atoms with E-state index in [1.165, 1.54) is 12.1 Å². The standard InChI is InChI=1S/C17H13FO2/c18-13-5-6-15-12(9-13)10-16(20-15)17(19)8-7-11-3-1-2-4-14(11)17/h1-6,9-10,19H,7-8H2. The van der Waals surface area contributed by atoms with Crippen molar-refractivity contribution in [3.63, 3.8) is 0 Å². The number of hydrogen-bond donors (Lipinski definition) is 1. The highest BCUT2D eigenvalue weighted by Crippen LogP contribution is 2.43. The molecule has 0 amide bonds. The molecule has 20 heavy (non-hydrogen) atoms. The first-order valence-electron chi connectivity index (χ1n) is 6.67. The van der Waals surface area contributed by atoms with Gasteiger partial charge in [0.05, 0.1) is 0 Å². The molecule has 4 rings (SSSR count). The second-order valence-electron chi connectivity index (χ2n) is 5.31. The number of halogens is 1. The zero-order valence-corrected chi connectivity index (χ0v) is 10.8. The Morgan fingerprint density at radius 3 is 2.85 bits per heavy atom. The van der Waals surface area contributed by atoms with Crippen molar-refractivity contribution in [1.82, 2.24) is 0 Å². The van der Waals surface area contributed by atoms with Crippen LogP contribution < -0.4 is 0 Å². The Morgan fingerprint density at radius 1 is 1.10 bits per heavy atom. The highest BCUT2D eigenvalue weighted by Gasteiger charge is 2.40. The van der Waals surface area contributed by atoms with Gasteiger partial charge in [-0.15, -0.1) is 0 Å². The Morgan fingerprint density at radius 2 is 1.95 bits per heavy atom. The maximum atomic E-state index is 13.3. The number of fused-ring (bicyclic) bond motifs is 2. The molecule has 0 fully saturated rings. The Kier molecular flexibility index (Phi) is 2.30. The lowest BCUT2D eigenvalue weighted by atomic mass is 9.93. The average molecular weight is 268 g/mol. The van der Waals surface area contributed by atoms with E-state index in [1.807, 2.05) is 24.3 Å². The summed E-state index contributed by atoms with van der Waals surface area (Å²) in [5.41, 5.74) is 1.52. The molecule has 3 aromatic rings. The molecule has 1 aliphatic rings. The minimum absolute atomic E-state index is 0.302. The maximum absolute atomic E-state index is 13.3. The summed E-state index contributed by atoms with van der Waals surface area (Å²) in [5.74, 6) is 0.187. The van der Waals surface area contributed by atoms with Gasteiger partial charge in [-0.2, -0.15) is 0 Å². The molecule has 0 aliphatic heterocycles. The van der Waals surface area contributed by atoms with Crippen LogP contribution in [0.15, 0.2) is 52.9 Å². The van der Waals surface area contributed by atoms with Crippen molar-refractivity contribution >= 4 is 11.0 Å². The van der Waals surface area contributed by atoms with Gasteiger partial charge in [-0.25, -0.2) is 4.39 Å². The minimum Gasteiger partial charge on any atom is -0.458 e. The number of furan rings is 1. The van der Waals surface area contributed by atoms with E-state index in [0.29, 0.717) is 23.2 Å². The highest BCUT2D eigenvalue weighted by molar-refractivity contribution is 5.78. The number of hydrogen-bond acceptors (Lipinski definition) is 2. The Hall–Kier alpha value is -2.13. The predicted molar refractivity (Wildman–Crippen MR) is 73.9 cm³/mol. The maximum Gasteiger partial charge on any atom is 0.148 e. The van der Waals surface area contributed by atoms with Crippen LogP contribution >= 0.6 is 0 Å². The van der Waals surface area contributed by atoms with E-state index in [0.717, 1.165) is 17.5 Å². The summed E-state index contributed by atoms with van der Waals surface area (Å²) in [7, 11) is 0. The van der Waals surface area contributed by atoms with Gasteiger partial charge in [-0.3, -0.25) is 0 Å². The molecule has 1 atom stereocenters. The SMILES string of the molecule is OC1(c2cc3cc(F)ccc3o2)CCc2ccccc21. The van der Waals surface area contributed by atoms with Crippen molar-refractivity contribution in [2.45, 2.75) is 18.4 Å². The summed E-state index contributed by atoms with van der Waals surface area (Å²) < 4.78 is 19.0. The second-order valence-corrected chi connectivity index (χ2v) is 5.31. The average Bonchev–Trinajstić information content (AvgIpc) is 3.02. The molecule has 1 aliphatic carbocycles. The van der Waals surface area contributed by atoms with Crippen LogP contribution in [0.1, 0.15) is 23.3 Å². The topological polar surface area (TPSA) is 33.4 Å². The molecular weight excluding hydrogens is 255 g/mol. The summed E-state index contributed by atoms with van der Waals surface area (Å²) in [6.07, 6.45) is 1.41. The van der Waals surface area contributed by atoms with Gasteiger partial charge >= 0.3 is 0 Å². The molecule has 2 aromatic carbocycles. The van der Waals surface area contributed by atoms with Gasteiger partial charge in [0, 0.05) is 5.39 Å². The third kappa shape index (κ3) is 1.53. The molecule has 1 N–H and O–H groups in total. The molecule has 3 heteroatoms. The van der Waals surface area contributed by atoms with Crippen molar-refractivity contribution in [2.24, 2.45) is 0 Å². The van der Waals surface area contributed by atoms with Crippen molar-refractivity contribution in [3.8, 4) is 0 Å². The van der Waals surface area contributed by atoms with E-state index in [4.69, 9.17) is 4.42 Å². The van der Waals surface area contributed by atoms with Crippen LogP contribution in [0.4, 0.5) is 4.39 Å². The Bertz CT molecular complexity index is 806. The highest BCUT2D eigenvalue weighted by atomic mass is 19.1. The van der Waals surface area contributed by atoms with Gasteiger partial charge < -0.3 is 9.52 Å². The predicted octanol–water partition coefficient (Wildman–Crippen LogP) is 3.75. The van der Waals surface area contributed by atoms with Gasteiger partial charge in [0.2, 0.25) is 0 Å². The fourth-order valence-corrected chi connectivity index (χ4v) is 3.07. The summed E-state index contributed by atoms with van der Waals surface area (Å²) >= 11 is 0. The first-order chi connectivity index (χ1) is 9.67. The van der Waals surface area contributed by atoms with E-state index in [-0.39, 0.29) is 5.82 Å². The monoisotopic (exact) mass is 268 g/mol. The van der Waals surface area contributed by atoms with Crippen LogP contribution in [-0.4, -0.2) is 5.11 Å². The summed E-state index contributed by atoms with van der Waals surface area (Å²) in [6.45, 7) is 0. The normalized spacial score (nSPS) is 21.3. The quantitative estimate of drug-likeness (QED) is 0.729. The lowest BCUT2D eigenvalue weighted by molar-refractivity contribution is 0.0605. The van der Waals surface area contributed by atoms with Crippen LogP contribution in [0.3, 0.4) is 0 Å². The van der Waals surface area contributed by atoms with Crippen LogP contribution in [-0.2, 0) is 12.0 Å². The molecule has 1 heterocycles. The number of benzene rings is 2. The molecule has 1 aromatic heterocycles. The summed E-state index contributed by atoms with van der Waals surface area (Å²) in [6, 6.07) is 14.0. The number of aryl methyl sites for hydroxylation is 1. The smallest absolute Gasteiger partial charge is 0.148 e. The van der Waals surface area contributed by atoms with Gasteiger partial charge in [0.1, 0.15) is 22.8 Å². The lowest BCUT2D eigenvalue weighted by Crippen LogP contribution is -2.22. The van der Waals surface area contributed by atoms with E-state index < -0.39 is 5.60 Å². The molecule has 1 unspecified atom stereocenters. The molecule has 2 nitrogen and oxygen atoms in total. The first-order valence-corrected chi connectivity index (χ1v) is 6.67. The fourth-order valence-electron chi connectivity index (χ4n) is 3.07. The van der Waals surface area contributed by atoms with Crippen molar-refractivity contribution < 1.29 is 13.9 Å². The van der Waals surface area contributed by atoms with Gasteiger partial charge in [0.25, 0.3) is 0 Å². The van der Waals surface area contributed by atoms with Crippen LogP contribution in [0, 0.1) is 5.82 Å². The molecular formula is C17H13FO2. The molecule has 100 valence electrons. The van der Waals surface area contributed by atoms with E-state index in [2.05, 4.69) is 0 Å². The molecule has 0 bridgehead atoms. The largest absolute Gasteiger partial charge is 0.458 e. The second kappa shape index (κ2) is 3.93. The third-order valence-corrected chi connectivity index (χ3v) is 4.11. The third-order valence-electron chi connectivity index (χ3n) is 4.11. The summed E-state index contributed by atoms with van der Waals surface area (Å²) in [5, 5.41) is 11.7. The number of aliphatic hydroxyl groups is 1. The van der Waals surface area contributed by atoms with Crippen molar-refractivity contribution in [2.75, 3.05) is 0 Å². The van der Waals surface area contributed by atoms with Gasteiger partial charge in [-0.1, -0.05) is 24.3 Å². The molecule has 0 saturated heterocycles. The zero-order valence-electron chi connectivity index (χ0n) is 10.8. The van der Waals surface area contributed by atoms with E-state index >= 15 is 0 Å². The molecule has 0 spiro atoms. The molecule has 0 radical (unpaired) electrons. The first kappa shape index (κ1) is 11.7. The number of rotatable bonds is 1. The zero-order chi connectivity index (χ0) is 13.7. The van der Waals surface area contributed by atoms with Crippen LogP contribution in [0.25, 0.3) is 11.0 Å². The van der Waals surface area contributed by atoms with Crippen molar-refractivity contribution in [1.29, 1.82) is 0 Å². The van der Waals surface area contributed by atoms with E-state index in [1.54, 1.807) is 12.1 Å². The lowest BCUT2D eigenvalue weighted by Gasteiger charge is -2.21.